The van der Waals surface area contributed by atoms with Crippen LogP contribution < -0.4 is 14.2 Å². The molecule has 1 aliphatic heterocycles. The lowest BCUT2D eigenvalue weighted by Crippen LogP contribution is -2.11. The number of fused-ring (bicyclic) bond motifs is 1. The zero-order chi connectivity index (χ0) is 21.1. The van der Waals surface area contributed by atoms with Crippen molar-refractivity contribution in [3.05, 3.63) is 94.2 Å². The number of carbonyl (C=O) groups is 2. The average Bonchev–Trinajstić information content (AvgIpc) is 3.08. The van der Waals surface area contributed by atoms with Gasteiger partial charge in [0.2, 0.25) is 5.78 Å². The van der Waals surface area contributed by atoms with Gasteiger partial charge in [-0.25, -0.2) is 0 Å². The number of benzene rings is 3. The molecule has 0 N–H and O–H groups in total. The Morgan fingerprint density at radius 3 is 2.50 bits per heavy atom. The summed E-state index contributed by atoms with van der Waals surface area (Å²) in [5.41, 5.74) is 1.65. The number of ketones is 2. The summed E-state index contributed by atoms with van der Waals surface area (Å²) in [4.78, 5) is 24.9. The van der Waals surface area contributed by atoms with Crippen LogP contribution in [0.5, 0.6) is 17.2 Å². The third kappa shape index (κ3) is 4.07. The smallest absolute Gasteiger partial charge is 0.231 e. The van der Waals surface area contributed by atoms with Gasteiger partial charge >= 0.3 is 0 Å². The fourth-order valence-corrected chi connectivity index (χ4v) is 3.19. The molecule has 0 bridgehead atoms. The van der Waals surface area contributed by atoms with Crippen LogP contribution in [0, 0.1) is 0 Å². The fraction of sp³-hybridized carbons (Fsp3) is 0.0833. The van der Waals surface area contributed by atoms with E-state index in [0.29, 0.717) is 39.0 Å². The Morgan fingerprint density at radius 1 is 1.03 bits per heavy atom. The van der Waals surface area contributed by atoms with E-state index in [1.165, 1.54) is 0 Å². The van der Waals surface area contributed by atoms with Crippen molar-refractivity contribution in [2.75, 3.05) is 13.7 Å². The molecule has 3 aromatic carbocycles. The van der Waals surface area contributed by atoms with E-state index >= 15 is 0 Å². The van der Waals surface area contributed by atoms with E-state index in [1.807, 2.05) is 12.1 Å². The van der Waals surface area contributed by atoms with E-state index in [1.54, 1.807) is 67.8 Å². The molecule has 0 saturated carbocycles. The topological polar surface area (TPSA) is 61.8 Å². The summed E-state index contributed by atoms with van der Waals surface area (Å²) in [6.45, 7) is -0.138. The van der Waals surface area contributed by atoms with Gasteiger partial charge in [-0.2, -0.15) is 0 Å². The van der Waals surface area contributed by atoms with E-state index in [2.05, 4.69) is 0 Å². The molecule has 3 aromatic rings. The Kier molecular flexibility index (Phi) is 5.55. The van der Waals surface area contributed by atoms with Crippen molar-refractivity contribution in [2.45, 2.75) is 0 Å². The van der Waals surface area contributed by atoms with Crippen molar-refractivity contribution in [1.29, 1.82) is 0 Å². The van der Waals surface area contributed by atoms with Crippen LogP contribution in [0.25, 0.3) is 6.08 Å². The lowest BCUT2D eigenvalue weighted by atomic mass is 10.1. The van der Waals surface area contributed by atoms with Crippen LogP contribution >= 0.6 is 11.6 Å². The molecule has 1 heterocycles. The summed E-state index contributed by atoms with van der Waals surface area (Å²) in [5, 5.41) is 0.526. The Hall–Kier alpha value is -3.57. The minimum Gasteiger partial charge on any atom is -0.497 e. The van der Waals surface area contributed by atoms with Gasteiger partial charge in [0, 0.05) is 16.7 Å². The van der Waals surface area contributed by atoms with E-state index < -0.39 is 0 Å². The first kappa shape index (κ1) is 19.7. The maximum atomic E-state index is 12.6. The molecule has 0 aliphatic carbocycles. The molecular weight excluding hydrogens is 404 g/mol. The third-order valence-corrected chi connectivity index (χ3v) is 4.96. The van der Waals surface area contributed by atoms with Crippen LogP contribution in [-0.2, 0) is 0 Å². The van der Waals surface area contributed by atoms with Gasteiger partial charge in [-0.1, -0.05) is 29.8 Å². The van der Waals surface area contributed by atoms with Crippen molar-refractivity contribution < 1.29 is 23.8 Å². The predicted octanol–water partition coefficient (Wildman–Crippen LogP) is 5.23. The van der Waals surface area contributed by atoms with E-state index in [9.17, 15) is 9.59 Å². The van der Waals surface area contributed by atoms with Gasteiger partial charge < -0.3 is 14.2 Å². The molecule has 5 nitrogen and oxygen atoms in total. The van der Waals surface area contributed by atoms with Gasteiger partial charge in [0.15, 0.2) is 18.1 Å². The van der Waals surface area contributed by atoms with Gasteiger partial charge in [-0.05, 0) is 54.1 Å². The maximum absolute atomic E-state index is 12.6. The highest BCUT2D eigenvalue weighted by Crippen LogP contribution is 2.35. The number of rotatable bonds is 6. The Morgan fingerprint density at radius 2 is 1.77 bits per heavy atom. The van der Waals surface area contributed by atoms with Crippen molar-refractivity contribution in [2.24, 2.45) is 0 Å². The second kappa shape index (κ2) is 8.43. The quantitative estimate of drug-likeness (QED) is 0.404. The number of Topliss-reactive ketones (excluding diaryl/α,β-unsaturated/α-hetero) is 2. The first-order valence-electron chi connectivity index (χ1n) is 9.18. The Balaban J connectivity index is 1.46. The van der Waals surface area contributed by atoms with Crippen LogP contribution in [0.1, 0.15) is 26.3 Å². The van der Waals surface area contributed by atoms with Crippen molar-refractivity contribution >= 4 is 29.2 Å². The van der Waals surface area contributed by atoms with E-state index in [-0.39, 0.29) is 23.9 Å². The number of ether oxygens (including phenoxy) is 3. The Bertz CT molecular complexity index is 1150. The van der Waals surface area contributed by atoms with Crippen molar-refractivity contribution in [3.63, 3.8) is 0 Å². The van der Waals surface area contributed by atoms with Crippen LogP contribution in [0.2, 0.25) is 5.02 Å². The lowest BCUT2D eigenvalue weighted by molar-refractivity contribution is 0.0921. The summed E-state index contributed by atoms with van der Waals surface area (Å²) in [6, 6.07) is 18.8. The molecule has 0 amide bonds. The summed E-state index contributed by atoms with van der Waals surface area (Å²) < 4.78 is 16.4. The second-order valence-electron chi connectivity index (χ2n) is 6.56. The number of hydrogen-bond donors (Lipinski definition) is 0. The summed E-state index contributed by atoms with van der Waals surface area (Å²) in [5.74, 6) is 1.27. The molecule has 0 radical (unpaired) electrons. The minimum absolute atomic E-state index is 0.138. The molecule has 30 heavy (non-hydrogen) atoms. The molecular formula is C24H17ClO5. The first-order chi connectivity index (χ1) is 14.5. The third-order valence-electron chi connectivity index (χ3n) is 4.62. The Labute approximate surface area is 178 Å². The second-order valence-corrected chi connectivity index (χ2v) is 6.97. The zero-order valence-corrected chi connectivity index (χ0v) is 16.8. The molecule has 6 heteroatoms. The van der Waals surface area contributed by atoms with Crippen molar-refractivity contribution in [3.8, 4) is 17.2 Å². The molecule has 0 spiro atoms. The van der Waals surface area contributed by atoms with Gasteiger partial charge in [-0.3, -0.25) is 9.59 Å². The van der Waals surface area contributed by atoms with Crippen molar-refractivity contribution in [1.82, 2.24) is 0 Å². The number of hydrogen-bond acceptors (Lipinski definition) is 5. The molecule has 0 aromatic heterocycles. The van der Waals surface area contributed by atoms with E-state index in [0.717, 1.165) is 0 Å². The highest BCUT2D eigenvalue weighted by Gasteiger charge is 2.28. The van der Waals surface area contributed by atoms with Gasteiger partial charge in [0.25, 0.3) is 0 Å². The number of carbonyl (C=O) groups excluding carboxylic acids is 2. The summed E-state index contributed by atoms with van der Waals surface area (Å²) >= 11 is 6.15. The number of allylic oxidation sites excluding steroid dienone is 1. The average molecular weight is 421 g/mol. The number of methoxy groups -OCH3 is 1. The minimum atomic E-state index is -0.231. The standard InChI is InChI=1S/C24H17ClO5/c1-28-17-8-6-15(7-9-17)21(26)14-29-18-10-11-19-22(13-18)30-23(24(19)27)12-16-4-2-3-5-20(16)25/h2-13H,14H2,1H3. The summed E-state index contributed by atoms with van der Waals surface area (Å²) in [6.07, 6.45) is 1.61. The summed E-state index contributed by atoms with van der Waals surface area (Å²) in [7, 11) is 1.57. The normalized spacial score (nSPS) is 13.7. The highest BCUT2D eigenvalue weighted by atomic mass is 35.5. The lowest BCUT2D eigenvalue weighted by Gasteiger charge is -2.07. The van der Waals surface area contributed by atoms with Crippen LogP contribution in [0.3, 0.4) is 0 Å². The van der Waals surface area contributed by atoms with Crippen LogP contribution in [-0.4, -0.2) is 25.3 Å². The fourth-order valence-electron chi connectivity index (χ4n) is 3.00. The molecule has 0 fully saturated rings. The molecule has 0 saturated heterocycles. The SMILES string of the molecule is COc1ccc(C(=O)COc2ccc3c(c2)OC(=Cc2ccccc2Cl)C3=O)cc1. The first-order valence-corrected chi connectivity index (χ1v) is 9.56. The van der Waals surface area contributed by atoms with E-state index in [4.69, 9.17) is 25.8 Å². The van der Waals surface area contributed by atoms with Crippen LogP contribution in [0.15, 0.2) is 72.5 Å². The molecule has 1 aliphatic rings. The molecule has 0 atom stereocenters. The van der Waals surface area contributed by atoms with Crippen LogP contribution in [0.4, 0.5) is 0 Å². The predicted molar refractivity (Wildman–Crippen MR) is 114 cm³/mol. The molecule has 4 rings (SSSR count). The monoisotopic (exact) mass is 420 g/mol. The van der Waals surface area contributed by atoms with Gasteiger partial charge in [0.1, 0.15) is 17.2 Å². The van der Waals surface area contributed by atoms with Gasteiger partial charge in [-0.15, -0.1) is 0 Å². The molecule has 0 unspecified atom stereocenters. The van der Waals surface area contributed by atoms with Gasteiger partial charge in [0.05, 0.1) is 12.7 Å². The highest BCUT2D eigenvalue weighted by molar-refractivity contribution is 6.32. The molecule has 150 valence electrons. The largest absolute Gasteiger partial charge is 0.497 e. The number of halogens is 1. The maximum Gasteiger partial charge on any atom is 0.231 e. The zero-order valence-electron chi connectivity index (χ0n) is 16.1.